The molecule has 4 atom stereocenters. The maximum absolute atomic E-state index is 14.7. The summed E-state index contributed by atoms with van der Waals surface area (Å²) < 4.78 is 26.1. The van der Waals surface area contributed by atoms with E-state index in [1.165, 1.54) is 6.92 Å². The van der Waals surface area contributed by atoms with Crippen LogP contribution in [0.1, 0.15) is 72.4 Å². The highest BCUT2D eigenvalue weighted by Crippen LogP contribution is 2.27. The van der Waals surface area contributed by atoms with E-state index in [9.17, 15) is 33.8 Å². The average molecular weight is 515 g/mol. The van der Waals surface area contributed by atoms with Crippen LogP contribution >= 0.6 is 0 Å². The predicted molar refractivity (Wildman–Crippen MR) is 126 cm³/mol. The number of ether oxygens (including phenoxy) is 2. The van der Waals surface area contributed by atoms with E-state index in [1.807, 2.05) is 0 Å². The minimum Gasteiger partial charge on any atom is -0.444 e. The second-order valence-corrected chi connectivity index (χ2v) is 9.73. The summed E-state index contributed by atoms with van der Waals surface area (Å²) in [4.78, 5) is 52.3. The second kappa shape index (κ2) is 12.9. The smallest absolute Gasteiger partial charge is 0.408 e. The van der Waals surface area contributed by atoms with Gasteiger partial charge in [0, 0.05) is 12.8 Å². The van der Waals surface area contributed by atoms with Gasteiger partial charge in [0.1, 0.15) is 29.8 Å². The van der Waals surface area contributed by atoms with Gasteiger partial charge >= 0.3 is 11.8 Å². The maximum Gasteiger partial charge on any atom is 0.408 e. The molecule has 12 nitrogen and oxygen atoms in total. The number of aliphatic hydroxyl groups is 2. The number of unbranched alkanes of at least 4 members (excludes halogenated alkanes) is 2. The van der Waals surface area contributed by atoms with Gasteiger partial charge in [0.2, 0.25) is 5.91 Å². The summed E-state index contributed by atoms with van der Waals surface area (Å²) in [5.41, 5.74) is -1.75. The molecule has 0 aromatic carbocycles. The van der Waals surface area contributed by atoms with E-state index in [0.29, 0.717) is 25.7 Å². The number of anilines is 1. The molecule has 202 valence electrons. The highest BCUT2D eigenvalue weighted by molar-refractivity contribution is 5.95. The lowest BCUT2D eigenvalue weighted by molar-refractivity contribution is -0.119. The highest BCUT2D eigenvalue weighted by Gasteiger charge is 2.35. The molecule has 4 N–H and O–H groups in total. The number of nitrogens with zero attached hydrogens (tertiary/aromatic N) is 2. The molecule has 2 amide bonds. The fourth-order valence-electron chi connectivity index (χ4n) is 3.61. The van der Waals surface area contributed by atoms with Crippen LogP contribution in [-0.2, 0) is 19.1 Å². The lowest BCUT2D eigenvalue weighted by Gasteiger charge is -2.23. The Morgan fingerprint density at radius 1 is 1.31 bits per heavy atom. The van der Waals surface area contributed by atoms with Crippen molar-refractivity contribution in [2.75, 3.05) is 11.9 Å². The molecule has 1 fully saturated rings. The molecule has 1 aliphatic rings. The number of halogens is 1. The van der Waals surface area contributed by atoms with Gasteiger partial charge in [-0.05, 0) is 40.5 Å². The topological polar surface area (TPSA) is 169 Å². The molecule has 1 saturated heterocycles. The molecule has 1 aliphatic heterocycles. The van der Waals surface area contributed by atoms with E-state index in [-0.39, 0.29) is 18.6 Å². The Kier molecular flexibility index (Phi) is 10.5. The molecule has 1 aromatic heterocycles. The normalized spacial score (nSPS) is 20.6. The van der Waals surface area contributed by atoms with Gasteiger partial charge in [0.25, 0.3) is 0 Å². The number of aliphatic hydroxyl groups excluding tert-OH is 2. The van der Waals surface area contributed by atoms with E-state index in [1.54, 1.807) is 20.8 Å². The van der Waals surface area contributed by atoms with E-state index < -0.39 is 66.0 Å². The number of hydrogen-bond acceptors (Lipinski definition) is 9. The van der Waals surface area contributed by atoms with Crippen molar-refractivity contribution in [1.82, 2.24) is 14.9 Å². The number of carbonyl (C=O) groups is 3. The Balaban J connectivity index is 2.12. The summed E-state index contributed by atoms with van der Waals surface area (Å²) in [6.07, 6.45) is -0.762. The van der Waals surface area contributed by atoms with Gasteiger partial charge in [-0.25, -0.2) is 14.0 Å². The first-order valence-corrected chi connectivity index (χ1v) is 11.8. The molecule has 2 heterocycles. The van der Waals surface area contributed by atoms with Crippen LogP contribution in [0.5, 0.6) is 0 Å². The van der Waals surface area contributed by atoms with E-state index in [0.717, 1.165) is 10.8 Å². The summed E-state index contributed by atoms with van der Waals surface area (Å²) in [7, 11) is 0. The third-order valence-corrected chi connectivity index (χ3v) is 5.37. The maximum atomic E-state index is 14.7. The number of ketones is 1. The first kappa shape index (κ1) is 29.3. The zero-order valence-corrected chi connectivity index (χ0v) is 21.0. The minimum atomic E-state index is -1.11. The van der Waals surface area contributed by atoms with Crippen LogP contribution in [0.3, 0.4) is 0 Å². The minimum absolute atomic E-state index is 0.0521. The van der Waals surface area contributed by atoms with Crippen LogP contribution in [0.25, 0.3) is 0 Å². The lowest BCUT2D eigenvalue weighted by Crippen LogP contribution is -2.46. The molecule has 2 rings (SSSR count). The Labute approximate surface area is 208 Å². The zero-order chi connectivity index (χ0) is 27.0. The average Bonchev–Trinajstić information content (AvgIpc) is 3.13. The Hall–Kier alpha value is -2.90. The molecule has 0 bridgehead atoms. The number of Topliss-reactive ketones (excluding diaryl/α,β-unsaturated/α-hetero) is 1. The van der Waals surface area contributed by atoms with Crippen LogP contribution in [0.15, 0.2) is 11.0 Å². The van der Waals surface area contributed by atoms with E-state index >= 15 is 0 Å². The van der Waals surface area contributed by atoms with Crippen LogP contribution in [0, 0.1) is 5.82 Å². The van der Waals surface area contributed by atoms with Gasteiger partial charge < -0.3 is 35.1 Å². The van der Waals surface area contributed by atoms with Crippen LogP contribution in [0.2, 0.25) is 0 Å². The zero-order valence-electron chi connectivity index (χ0n) is 21.0. The van der Waals surface area contributed by atoms with Crippen molar-refractivity contribution in [3.8, 4) is 0 Å². The second-order valence-electron chi connectivity index (χ2n) is 9.73. The monoisotopic (exact) mass is 514 g/mol. The standard InChI is InChI=1S/C23H35FN4O8/c1-13(30)8-6-5-7-9-15(25-22(34)36-23(2,3)4)20(32)26-19-14(24)11-28(21(33)27-19)18-10-16(31)17(12-29)35-18/h11,15-18,29,31H,5-10,12H2,1-4H3,(H,25,34)(H,26,27,32,33)/t15?,16-,17-,18-/m1/s1. The number of amides is 2. The third-order valence-electron chi connectivity index (χ3n) is 5.37. The summed E-state index contributed by atoms with van der Waals surface area (Å²) >= 11 is 0. The number of aromatic nitrogens is 2. The molecular formula is C23H35FN4O8. The van der Waals surface area contributed by atoms with Crippen molar-refractivity contribution >= 4 is 23.6 Å². The van der Waals surface area contributed by atoms with Crippen LogP contribution in [-0.4, -0.2) is 68.0 Å². The van der Waals surface area contributed by atoms with Crippen LogP contribution in [0.4, 0.5) is 15.0 Å². The number of rotatable bonds is 11. The van der Waals surface area contributed by atoms with Gasteiger partial charge in [-0.15, -0.1) is 0 Å². The van der Waals surface area contributed by atoms with E-state index in [2.05, 4.69) is 15.6 Å². The fraction of sp³-hybridized carbons (Fsp3) is 0.696. The first-order valence-electron chi connectivity index (χ1n) is 11.8. The van der Waals surface area contributed by atoms with Crippen molar-refractivity contribution in [3.05, 3.63) is 22.5 Å². The number of nitrogens with one attached hydrogen (secondary N) is 2. The van der Waals surface area contributed by atoms with Crippen molar-refractivity contribution in [3.63, 3.8) is 0 Å². The third kappa shape index (κ3) is 8.95. The molecule has 1 unspecified atom stereocenters. The lowest BCUT2D eigenvalue weighted by atomic mass is 10.1. The molecule has 0 aliphatic carbocycles. The largest absolute Gasteiger partial charge is 0.444 e. The van der Waals surface area contributed by atoms with Gasteiger partial charge in [0.05, 0.1) is 18.9 Å². The van der Waals surface area contributed by atoms with E-state index in [4.69, 9.17) is 9.47 Å². The summed E-state index contributed by atoms with van der Waals surface area (Å²) in [5, 5.41) is 23.7. The fourth-order valence-corrected chi connectivity index (χ4v) is 3.61. The first-order chi connectivity index (χ1) is 16.8. The molecule has 13 heteroatoms. The SMILES string of the molecule is CC(=O)CCCCCC(NC(=O)OC(C)(C)C)C(=O)Nc1nc(=O)n([C@H]2C[C@@H](O)[C@@H](CO)O2)cc1F. The molecule has 1 aromatic rings. The molecule has 0 radical (unpaired) electrons. The van der Waals surface area contributed by atoms with Gasteiger partial charge in [-0.1, -0.05) is 12.8 Å². The number of hydrogen-bond donors (Lipinski definition) is 4. The van der Waals surface area contributed by atoms with Crippen molar-refractivity contribution < 1.29 is 38.5 Å². The highest BCUT2D eigenvalue weighted by atomic mass is 19.1. The van der Waals surface area contributed by atoms with Crippen molar-refractivity contribution in [1.29, 1.82) is 0 Å². The summed E-state index contributed by atoms with van der Waals surface area (Å²) in [5.74, 6) is -2.42. The molecular weight excluding hydrogens is 479 g/mol. The Morgan fingerprint density at radius 3 is 2.58 bits per heavy atom. The van der Waals surface area contributed by atoms with Crippen LogP contribution < -0.4 is 16.3 Å². The van der Waals surface area contributed by atoms with Gasteiger partial charge in [-0.2, -0.15) is 4.98 Å². The predicted octanol–water partition coefficient (Wildman–Crippen LogP) is 1.39. The van der Waals surface area contributed by atoms with Crippen molar-refractivity contribution in [2.45, 2.75) is 96.3 Å². The Morgan fingerprint density at radius 2 is 2.00 bits per heavy atom. The van der Waals surface area contributed by atoms with Gasteiger partial charge in [0.15, 0.2) is 11.6 Å². The molecule has 0 spiro atoms. The number of carbonyl (C=O) groups excluding carboxylic acids is 3. The summed E-state index contributed by atoms with van der Waals surface area (Å²) in [6, 6.07) is -1.11. The Bertz CT molecular complexity index is 993. The molecule has 36 heavy (non-hydrogen) atoms. The quantitative estimate of drug-likeness (QED) is 0.319. The number of alkyl carbamates (subject to hydrolysis) is 1. The van der Waals surface area contributed by atoms with Crippen molar-refractivity contribution in [2.24, 2.45) is 0 Å². The summed E-state index contributed by atoms with van der Waals surface area (Å²) in [6.45, 7) is 5.99. The van der Waals surface area contributed by atoms with Gasteiger partial charge in [-0.3, -0.25) is 9.36 Å². The molecule has 0 saturated carbocycles.